The highest BCUT2D eigenvalue weighted by Crippen LogP contribution is 2.40. The molecule has 2 fully saturated rings. The number of hydrogen-bond acceptors (Lipinski definition) is 7. The molecule has 29 heavy (non-hydrogen) atoms. The summed E-state index contributed by atoms with van der Waals surface area (Å²) in [6.45, 7) is 2.50. The molecule has 7 nitrogen and oxygen atoms in total. The van der Waals surface area contributed by atoms with E-state index in [1.54, 1.807) is 18.2 Å². The first-order valence-corrected chi connectivity index (χ1v) is 9.85. The third-order valence-corrected chi connectivity index (χ3v) is 5.79. The standard InChI is InChI=1S/C21H26FN5O2/c1-20(4-5-20)29-14-2-3-16(23)15(10-14)19(24)17-11-18(26-13-25-17)27-8-6-21(22,12-28)7-9-27/h2-3,10-11,13,24,28H,4-9,12,23H2,1H3. The number of nitrogens with one attached hydrogen (secondary N) is 1. The monoisotopic (exact) mass is 399 g/mol. The van der Waals surface area contributed by atoms with E-state index in [1.807, 2.05) is 11.0 Å². The Morgan fingerprint density at radius 2 is 1.97 bits per heavy atom. The summed E-state index contributed by atoms with van der Waals surface area (Å²) in [7, 11) is 0. The summed E-state index contributed by atoms with van der Waals surface area (Å²) in [5.74, 6) is 1.32. The highest BCUT2D eigenvalue weighted by atomic mass is 19.1. The number of hydrogen-bond donors (Lipinski definition) is 3. The number of aliphatic hydroxyl groups is 1. The molecule has 0 spiro atoms. The molecular formula is C21H26FN5O2. The first-order chi connectivity index (χ1) is 13.8. The summed E-state index contributed by atoms with van der Waals surface area (Å²) in [5, 5.41) is 17.8. The number of nitrogens with two attached hydrogens (primary N) is 1. The Morgan fingerprint density at radius 1 is 1.24 bits per heavy atom. The van der Waals surface area contributed by atoms with Gasteiger partial charge in [0.2, 0.25) is 0 Å². The van der Waals surface area contributed by atoms with Crippen molar-refractivity contribution in [1.29, 1.82) is 5.41 Å². The second-order valence-corrected chi connectivity index (χ2v) is 8.23. The van der Waals surface area contributed by atoms with Gasteiger partial charge in [-0.25, -0.2) is 14.4 Å². The van der Waals surface area contributed by atoms with Gasteiger partial charge in [0.25, 0.3) is 0 Å². The van der Waals surface area contributed by atoms with E-state index in [-0.39, 0.29) is 24.2 Å². The molecule has 2 aliphatic rings. The molecule has 1 aliphatic heterocycles. The third-order valence-electron chi connectivity index (χ3n) is 5.79. The SMILES string of the molecule is CC1(Oc2ccc(N)c(C(=N)c3cc(N4CCC(F)(CO)CC4)ncn3)c2)CC1. The van der Waals surface area contributed by atoms with Crippen molar-refractivity contribution in [1.82, 2.24) is 9.97 Å². The summed E-state index contributed by atoms with van der Waals surface area (Å²) < 4.78 is 20.2. The van der Waals surface area contributed by atoms with E-state index in [1.165, 1.54) is 6.33 Å². The average molecular weight is 399 g/mol. The van der Waals surface area contributed by atoms with Gasteiger partial charge in [-0.3, -0.25) is 5.41 Å². The van der Waals surface area contributed by atoms with Crippen LogP contribution >= 0.6 is 0 Å². The zero-order chi connectivity index (χ0) is 20.6. The third kappa shape index (κ3) is 4.17. The lowest BCUT2D eigenvalue weighted by atomic mass is 9.94. The number of benzene rings is 1. The van der Waals surface area contributed by atoms with Gasteiger partial charge < -0.3 is 20.5 Å². The van der Waals surface area contributed by atoms with Gasteiger partial charge in [0.15, 0.2) is 0 Å². The Hall–Kier alpha value is -2.74. The molecule has 0 unspecified atom stereocenters. The Bertz CT molecular complexity index is 923. The van der Waals surface area contributed by atoms with Crippen LogP contribution in [0.25, 0.3) is 0 Å². The highest BCUT2D eigenvalue weighted by Gasteiger charge is 2.40. The molecule has 2 aromatic rings. The molecule has 1 aliphatic carbocycles. The number of aliphatic hydroxyl groups excluding tert-OH is 1. The maximum Gasteiger partial charge on any atom is 0.137 e. The first-order valence-electron chi connectivity index (χ1n) is 9.85. The van der Waals surface area contributed by atoms with Crippen LogP contribution in [0.2, 0.25) is 0 Å². The van der Waals surface area contributed by atoms with Crippen LogP contribution in [-0.2, 0) is 0 Å². The maximum absolute atomic E-state index is 14.3. The molecule has 0 atom stereocenters. The van der Waals surface area contributed by atoms with E-state index >= 15 is 0 Å². The van der Waals surface area contributed by atoms with E-state index in [0.29, 0.717) is 41.6 Å². The second-order valence-electron chi connectivity index (χ2n) is 8.23. The molecule has 2 heterocycles. The number of alkyl halides is 1. The highest BCUT2D eigenvalue weighted by molar-refractivity contribution is 6.13. The first kappa shape index (κ1) is 19.6. The number of nitrogen functional groups attached to an aromatic ring is 1. The number of anilines is 2. The summed E-state index contributed by atoms with van der Waals surface area (Å²) in [6, 6.07) is 7.07. The van der Waals surface area contributed by atoms with Crippen LogP contribution in [0.15, 0.2) is 30.6 Å². The van der Waals surface area contributed by atoms with Crippen molar-refractivity contribution >= 4 is 17.2 Å². The predicted molar refractivity (Wildman–Crippen MR) is 109 cm³/mol. The van der Waals surface area contributed by atoms with Crippen molar-refractivity contribution < 1.29 is 14.2 Å². The molecular weight excluding hydrogens is 373 g/mol. The molecule has 4 N–H and O–H groups in total. The second kappa shape index (κ2) is 7.26. The molecule has 0 bridgehead atoms. The lowest BCUT2D eigenvalue weighted by Crippen LogP contribution is -2.44. The van der Waals surface area contributed by atoms with Crippen molar-refractivity contribution in [3.8, 4) is 5.75 Å². The maximum atomic E-state index is 14.3. The molecule has 1 aromatic heterocycles. The van der Waals surface area contributed by atoms with Crippen LogP contribution in [0.5, 0.6) is 5.75 Å². The lowest BCUT2D eigenvalue weighted by Gasteiger charge is -2.35. The molecule has 4 rings (SSSR count). The normalized spacial score (nSPS) is 19.6. The molecule has 1 saturated heterocycles. The van der Waals surface area contributed by atoms with Crippen LogP contribution in [0.3, 0.4) is 0 Å². The number of halogens is 1. The largest absolute Gasteiger partial charge is 0.488 e. The molecule has 1 aromatic carbocycles. The Morgan fingerprint density at radius 3 is 2.62 bits per heavy atom. The molecule has 0 amide bonds. The smallest absolute Gasteiger partial charge is 0.137 e. The number of piperidine rings is 1. The van der Waals surface area contributed by atoms with Gasteiger partial charge in [0.1, 0.15) is 29.2 Å². The van der Waals surface area contributed by atoms with Gasteiger partial charge in [-0.2, -0.15) is 0 Å². The zero-order valence-corrected chi connectivity index (χ0v) is 16.5. The zero-order valence-electron chi connectivity index (χ0n) is 16.5. The summed E-state index contributed by atoms with van der Waals surface area (Å²) >= 11 is 0. The molecule has 0 radical (unpaired) electrons. The van der Waals surface area contributed by atoms with E-state index in [9.17, 15) is 9.50 Å². The van der Waals surface area contributed by atoms with Crippen LogP contribution in [0, 0.1) is 5.41 Å². The Labute approximate surface area is 169 Å². The summed E-state index contributed by atoms with van der Waals surface area (Å²) in [4.78, 5) is 10.5. The van der Waals surface area contributed by atoms with E-state index in [0.717, 1.165) is 12.8 Å². The van der Waals surface area contributed by atoms with Gasteiger partial charge >= 0.3 is 0 Å². The van der Waals surface area contributed by atoms with Crippen molar-refractivity contribution in [3.63, 3.8) is 0 Å². The number of ether oxygens (including phenoxy) is 1. The number of nitrogens with zero attached hydrogens (tertiary/aromatic N) is 3. The minimum atomic E-state index is -1.52. The quantitative estimate of drug-likeness (QED) is 0.509. The van der Waals surface area contributed by atoms with E-state index in [2.05, 4.69) is 16.9 Å². The van der Waals surface area contributed by atoms with E-state index < -0.39 is 12.3 Å². The van der Waals surface area contributed by atoms with Crippen molar-refractivity contribution in [2.24, 2.45) is 0 Å². The van der Waals surface area contributed by atoms with Crippen LogP contribution in [0.4, 0.5) is 15.9 Å². The van der Waals surface area contributed by atoms with Gasteiger partial charge in [-0.05, 0) is 38.0 Å². The van der Waals surface area contributed by atoms with Crippen LogP contribution in [-0.4, -0.2) is 51.8 Å². The van der Waals surface area contributed by atoms with Gasteiger partial charge in [-0.1, -0.05) is 0 Å². The van der Waals surface area contributed by atoms with E-state index in [4.69, 9.17) is 15.9 Å². The van der Waals surface area contributed by atoms with Crippen molar-refractivity contribution in [3.05, 3.63) is 41.9 Å². The predicted octanol–water partition coefficient (Wildman–Crippen LogP) is 2.71. The molecule has 8 heteroatoms. The Kier molecular flexibility index (Phi) is 4.90. The van der Waals surface area contributed by atoms with Crippen molar-refractivity contribution in [2.45, 2.75) is 43.9 Å². The summed E-state index contributed by atoms with van der Waals surface area (Å²) in [5.41, 5.74) is 6.13. The minimum Gasteiger partial charge on any atom is -0.488 e. The van der Waals surface area contributed by atoms with Crippen LogP contribution < -0.4 is 15.4 Å². The fraction of sp³-hybridized carbons (Fsp3) is 0.476. The molecule has 1 saturated carbocycles. The van der Waals surface area contributed by atoms with Crippen LogP contribution in [0.1, 0.15) is 43.9 Å². The average Bonchev–Trinajstić information content (AvgIpc) is 3.46. The lowest BCUT2D eigenvalue weighted by molar-refractivity contribution is 0.0480. The number of aromatic nitrogens is 2. The topological polar surface area (TPSA) is 108 Å². The fourth-order valence-electron chi connectivity index (χ4n) is 3.47. The van der Waals surface area contributed by atoms with Gasteiger partial charge in [-0.15, -0.1) is 0 Å². The number of rotatable bonds is 6. The molecule has 154 valence electrons. The minimum absolute atomic E-state index is 0.119. The van der Waals surface area contributed by atoms with Crippen molar-refractivity contribution in [2.75, 3.05) is 30.3 Å². The summed E-state index contributed by atoms with van der Waals surface area (Å²) in [6.07, 6.45) is 3.93. The fourth-order valence-corrected chi connectivity index (χ4v) is 3.47. The van der Waals surface area contributed by atoms with Gasteiger partial charge in [0.05, 0.1) is 18.0 Å². The van der Waals surface area contributed by atoms with Gasteiger partial charge in [0, 0.05) is 43.2 Å². The Balaban J connectivity index is 1.54.